The Hall–Kier alpha value is -3.04. The van der Waals surface area contributed by atoms with Crippen molar-refractivity contribution >= 4 is 40.1 Å². The Balaban J connectivity index is 1.77. The molecule has 0 aliphatic rings. The lowest BCUT2D eigenvalue weighted by Crippen LogP contribution is -2.30. The zero-order chi connectivity index (χ0) is 22.8. The van der Waals surface area contributed by atoms with Gasteiger partial charge in [-0.25, -0.2) is 4.79 Å². The second kappa shape index (κ2) is 8.99. The summed E-state index contributed by atoms with van der Waals surface area (Å²) in [7, 11) is 1.45. The van der Waals surface area contributed by atoms with E-state index in [0.29, 0.717) is 22.6 Å². The number of ether oxygens (including phenoxy) is 2. The molecule has 0 aliphatic heterocycles. The smallest absolute Gasteiger partial charge is 0.416 e. The lowest BCUT2D eigenvalue weighted by atomic mass is 10.1. The summed E-state index contributed by atoms with van der Waals surface area (Å²) in [6, 6.07) is 9.41. The van der Waals surface area contributed by atoms with Crippen molar-refractivity contribution in [2.75, 3.05) is 12.4 Å². The van der Waals surface area contributed by atoms with E-state index in [1.165, 1.54) is 14.0 Å². The van der Waals surface area contributed by atoms with Crippen LogP contribution in [0.5, 0.6) is 0 Å². The summed E-state index contributed by atoms with van der Waals surface area (Å²) in [6.07, 6.45) is -5.96. The molecule has 0 unspecified atom stereocenters. The largest absolute Gasteiger partial charge is 0.449 e. The van der Waals surface area contributed by atoms with Gasteiger partial charge in [0.25, 0.3) is 5.91 Å². The van der Waals surface area contributed by atoms with Crippen molar-refractivity contribution in [2.45, 2.75) is 25.8 Å². The van der Waals surface area contributed by atoms with Crippen molar-refractivity contribution < 1.29 is 36.7 Å². The number of para-hydroxylation sites is 1. The van der Waals surface area contributed by atoms with Gasteiger partial charge in [0.1, 0.15) is 5.58 Å². The first-order chi connectivity index (χ1) is 14.6. The topological polar surface area (TPSA) is 77.8 Å². The van der Waals surface area contributed by atoms with Gasteiger partial charge in [0.2, 0.25) is 5.76 Å². The van der Waals surface area contributed by atoms with Gasteiger partial charge in [-0.1, -0.05) is 29.8 Å². The number of fused-ring (bicyclic) bond motifs is 1. The van der Waals surface area contributed by atoms with E-state index in [1.54, 1.807) is 24.3 Å². The van der Waals surface area contributed by atoms with E-state index in [9.17, 15) is 22.8 Å². The van der Waals surface area contributed by atoms with Crippen LogP contribution in [-0.4, -0.2) is 25.1 Å². The molecule has 164 valence electrons. The molecule has 1 aromatic heterocycles. The zero-order valence-corrected chi connectivity index (χ0v) is 17.1. The molecule has 1 heterocycles. The molecule has 1 N–H and O–H groups in total. The first-order valence-corrected chi connectivity index (χ1v) is 9.37. The average Bonchev–Trinajstić information content (AvgIpc) is 3.08. The maximum absolute atomic E-state index is 12.9. The van der Waals surface area contributed by atoms with Crippen molar-refractivity contribution in [2.24, 2.45) is 0 Å². The minimum absolute atomic E-state index is 0.0713. The van der Waals surface area contributed by atoms with Crippen LogP contribution in [0, 0.1) is 0 Å². The van der Waals surface area contributed by atoms with E-state index in [0.717, 1.165) is 12.1 Å². The molecule has 0 bridgehead atoms. The first-order valence-electron chi connectivity index (χ1n) is 8.99. The number of methoxy groups -OCH3 is 1. The van der Waals surface area contributed by atoms with Crippen molar-refractivity contribution in [3.63, 3.8) is 0 Å². The van der Waals surface area contributed by atoms with Gasteiger partial charge in [-0.2, -0.15) is 13.2 Å². The molecule has 10 heteroatoms. The molecule has 3 rings (SSSR count). The van der Waals surface area contributed by atoms with Crippen LogP contribution in [0.3, 0.4) is 0 Å². The Labute approximate surface area is 179 Å². The fourth-order valence-corrected chi connectivity index (χ4v) is 3.02. The van der Waals surface area contributed by atoms with Crippen molar-refractivity contribution in [1.82, 2.24) is 0 Å². The van der Waals surface area contributed by atoms with Crippen molar-refractivity contribution in [1.29, 1.82) is 0 Å². The summed E-state index contributed by atoms with van der Waals surface area (Å²) in [5.74, 6) is -1.90. The van der Waals surface area contributed by atoms with Crippen LogP contribution in [0.25, 0.3) is 11.0 Å². The number of anilines is 1. The Kier molecular flexibility index (Phi) is 6.56. The molecule has 6 nitrogen and oxygen atoms in total. The van der Waals surface area contributed by atoms with Gasteiger partial charge in [-0.15, -0.1) is 0 Å². The third-order valence-electron chi connectivity index (χ3n) is 4.38. The third kappa shape index (κ3) is 5.00. The second-order valence-corrected chi connectivity index (χ2v) is 6.98. The molecule has 0 saturated heterocycles. The van der Waals surface area contributed by atoms with E-state index >= 15 is 0 Å². The number of halogens is 4. The van der Waals surface area contributed by atoms with Crippen LogP contribution in [0.1, 0.15) is 28.6 Å². The normalized spacial score (nSPS) is 12.6. The summed E-state index contributed by atoms with van der Waals surface area (Å²) in [6.45, 7) is 1.34. The molecule has 2 aromatic carbocycles. The lowest BCUT2D eigenvalue weighted by molar-refractivity contribution is -0.137. The van der Waals surface area contributed by atoms with Gasteiger partial charge in [-0.3, -0.25) is 4.79 Å². The summed E-state index contributed by atoms with van der Waals surface area (Å²) in [5, 5.41) is 2.80. The summed E-state index contributed by atoms with van der Waals surface area (Å²) in [4.78, 5) is 25.0. The number of hydrogen-bond donors (Lipinski definition) is 1. The molecular weight excluding hydrogens is 439 g/mol. The predicted molar refractivity (Wildman–Crippen MR) is 107 cm³/mol. The highest BCUT2D eigenvalue weighted by atomic mass is 35.5. The van der Waals surface area contributed by atoms with E-state index in [4.69, 9.17) is 25.5 Å². The maximum atomic E-state index is 12.9. The van der Waals surface area contributed by atoms with E-state index in [-0.39, 0.29) is 23.1 Å². The Bertz CT molecular complexity index is 1130. The summed E-state index contributed by atoms with van der Waals surface area (Å²) in [5.41, 5.74) is -0.345. The Morgan fingerprint density at radius 3 is 2.58 bits per heavy atom. The van der Waals surface area contributed by atoms with E-state index in [1.807, 2.05) is 0 Å². The monoisotopic (exact) mass is 455 g/mol. The lowest BCUT2D eigenvalue weighted by Gasteiger charge is -2.15. The van der Waals surface area contributed by atoms with Gasteiger partial charge in [-0.05, 0) is 31.2 Å². The molecule has 31 heavy (non-hydrogen) atoms. The SMILES string of the molecule is COCc1c(C(=O)O[C@@H](C)C(=O)Nc2cc(C(F)(F)F)ccc2Cl)oc2ccccc12. The number of carbonyl (C=O) groups is 2. The first kappa shape index (κ1) is 22.6. The summed E-state index contributed by atoms with van der Waals surface area (Å²) < 4.78 is 54.5. The summed E-state index contributed by atoms with van der Waals surface area (Å²) >= 11 is 5.88. The fraction of sp³-hybridized carbons (Fsp3) is 0.238. The highest BCUT2D eigenvalue weighted by Gasteiger charge is 2.31. The van der Waals surface area contributed by atoms with Gasteiger partial charge in [0, 0.05) is 18.1 Å². The number of alkyl halides is 3. The zero-order valence-electron chi connectivity index (χ0n) is 16.4. The molecule has 0 aliphatic carbocycles. The van der Waals surface area contributed by atoms with Crippen LogP contribution in [0.4, 0.5) is 18.9 Å². The highest BCUT2D eigenvalue weighted by molar-refractivity contribution is 6.33. The number of carbonyl (C=O) groups excluding carboxylic acids is 2. The number of benzene rings is 2. The van der Waals surface area contributed by atoms with E-state index < -0.39 is 29.7 Å². The molecule has 0 fully saturated rings. The molecule has 3 aromatic rings. The Morgan fingerprint density at radius 2 is 1.90 bits per heavy atom. The number of hydrogen-bond acceptors (Lipinski definition) is 5. The van der Waals surface area contributed by atoms with Gasteiger partial charge in [0.05, 0.1) is 22.9 Å². The Morgan fingerprint density at radius 1 is 1.19 bits per heavy atom. The third-order valence-corrected chi connectivity index (χ3v) is 4.71. The standard InChI is InChI=1S/C21H17ClF3NO5/c1-11(19(27)26-16-9-12(21(23,24)25)7-8-15(16)22)30-20(28)18-14(10-29-2)13-5-3-4-6-17(13)31-18/h3-9,11H,10H2,1-2H3,(H,26,27)/t11-/m0/s1. The van der Waals surface area contributed by atoms with Gasteiger partial charge >= 0.3 is 12.1 Å². The number of nitrogens with one attached hydrogen (secondary N) is 1. The number of rotatable bonds is 6. The minimum Gasteiger partial charge on any atom is -0.449 e. The predicted octanol–water partition coefficient (Wildman–Crippen LogP) is 5.44. The van der Waals surface area contributed by atoms with Crippen molar-refractivity contribution in [3.8, 4) is 0 Å². The number of amides is 1. The van der Waals surface area contributed by atoms with Crippen LogP contribution in [-0.2, 0) is 27.1 Å². The van der Waals surface area contributed by atoms with Crippen LogP contribution >= 0.6 is 11.6 Å². The van der Waals surface area contributed by atoms with Crippen molar-refractivity contribution in [3.05, 3.63) is 64.4 Å². The second-order valence-electron chi connectivity index (χ2n) is 6.57. The average molecular weight is 456 g/mol. The van der Waals surface area contributed by atoms with Crippen LogP contribution in [0.2, 0.25) is 5.02 Å². The number of furan rings is 1. The quantitative estimate of drug-likeness (QED) is 0.501. The van der Waals surface area contributed by atoms with E-state index in [2.05, 4.69) is 5.32 Å². The highest BCUT2D eigenvalue weighted by Crippen LogP contribution is 2.34. The van der Waals surface area contributed by atoms with Crippen LogP contribution < -0.4 is 5.32 Å². The molecular formula is C21H17ClF3NO5. The maximum Gasteiger partial charge on any atom is 0.416 e. The fourth-order valence-electron chi connectivity index (χ4n) is 2.85. The molecule has 0 saturated carbocycles. The molecule has 0 radical (unpaired) electrons. The van der Waals surface area contributed by atoms with Crippen LogP contribution in [0.15, 0.2) is 46.9 Å². The van der Waals surface area contributed by atoms with Gasteiger partial charge in [0.15, 0.2) is 6.10 Å². The molecule has 1 atom stereocenters. The molecule has 0 spiro atoms. The minimum atomic E-state index is -4.61. The number of esters is 1. The molecule has 1 amide bonds. The van der Waals surface area contributed by atoms with Gasteiger partial charge < -0.3 is 19.2 Å².